The van der Waals surface area contributed by atoms with Gasteiger partial charge in [-0.1, -0.05) is 25.3 Å². The first-order valence-electron chi connectivity index (χ1n) is 8.93. The fourth-order valence-corrected chi connectivity index (χ4v) is 3.40. The molecule has 140 valence electrons. The van der Waals surface area contributed by atoms with E-state index < -0.39 is 11.9 Å². The number of aromatic hydroxyl groups is 1. The van der Waals surface area contributed by atoms with Gasteiger partial charge >= 0.3 is 0 Å². The first-order chi connectivity index (χ1) is 12.4. The molecule has 4 N–H and O–H groups in total. The Balaban J connectivity index is 1.83. The maximum Gasteiger partial charge on any atom is 0.257 e. The highest BCUT2D eigenvalue weighted by Gasteiger charge is 2.39. The number of rotatable bonds is 5. The van der Waals surface area contributed by atoms with Gasteiger partial charge in [-0.25, -0.2) is 0 Å². The van der Waals surface area contributed by atoms with Crippen molar-refractivity contribution in [3.63, 3.8) is 0 Å². The van der Waals surface area contributed by atoms with Crippen LogP contribution in [0.3, 0.4) is 0 Å². The van der Waals surface area contributed by atoms with Gasteiger partial charge in [-0.15, -0.1) is 0 Å². The number of hydrogen-bond acceptors (Lipinski definition) is 6. The normalized spacial score (nSPS) is 20.6. The summed E-state index contributed by atoms with van der Waals surface area (Å²) >= 11 is 0. The molecule has 26 heavy (non-hydrogen) atoms. The summed E-state index contributed by atoms with van der Waals surface area (Å²) in [6.45, 7) is 0. The van der Waals surface area contributed by atoms with Crippen LogP contribution in [0.25, 0.3) is 0 Å². The predicted molar refractivity (Wildman–Crippen MR) is 97.8 cm³/mol. The van der Waals surface area contributed by atoms with Crippen LogP contribution < -0.4 is 10.6 Å². The van der Waals surface area contributed by atoms with E-state index in [1.54, 1.807) is 26.2 Å². The third-order valence-electron chi connectivity index (χ3n) is 4.93. The number of phenols is 1. The monoisotopic (exact) mass is 359 g/mol. The molecule has 1 saturated carbocycles. The second kappa shape index (κ2) is 7.37. The SMILES string of the molecule is CN(C)C(=O)c1cccc(NC2=C(NC3CCCCC3)C(O)C2=O)c1O. The molecule has 2 aliphatic rings. The molecule has 0 bridgehead atoms. The van der Waals surface area contributed by atoms with Crippen molar-refractivity contribution in [2.24, 2.45) is 0 Å². The van der Waals surface area contributed by atoms with E-state index in [4.69, 9.17) is 0 Å². The summed E-state index contributed by atoms with van der Waals surface area (Å²) < 4.78 is 0. The van der Waals surface area contributed by atoms with Gasteiger partial charge < -0.3 is 25.7 Å². The molecular weight excluding hydrogens is 334 g/mol. The summed E-state index contributed by atoms with van der Waals surface area (Å²) in [6, 6.07) is 4.99. The van der Waals surface area contributed by atoms with Gasteiger partial charge in [0.25, 0.3) is 5.91 Å². The fraction of sp³-hybridized carbons (Fsp3) is 0.474. The van der Waals surface area contributed by atoms with Gasteiger partial charge in [-0.2, -0.15) is 0 Å². The average molecular weight is 359 g/mol. The first kappa shape index (κ1) is 18.3. The summed E-state index contributed by atoms with van der Waals surface area (Å²) in [6.07, 6.45) is 4.34. The number of hydrogen-bond donors (Lipinski definition) is 4. The molecule has 0 radical (unpaired) electrons. The summed E-state index contributed by atoms with van der Waals surface area (Å²) in [5.41, 5.74) is 1.11. The summed E-state index contributed by atoms with van der Waals surface area (Å²) in [5, 5.41) is 26.6. The number of aliphatic hydroxyl groups excluding tert-OH is 1. The molecule has 7 nitrogen and oxygen atoms in total. The molecule has 2 aliphatic carbocycles. The minimum atomic E-state index is -1.16. The molecule has 1 amide bonds. The van der Waals surface area contributed by atoms with Crippen molar-refractivity contribution < 1.29 is 19.8 Å². The molecule has 1 fully saturated rings. The average Bonchev–Trinajstić information content (AvgIpc) is 2.65. The van der Waals surface area contributed by atoms with Crippen molar-refractivity contribution in [2.45, 2.75) is 44.2 Å². The number of anilines is 1. The zero-order valence-electron chi connectivity index (χ0n) is 15.1. The Morgan fingerprint density at radius 2 is 1.88 bits per heavy atom. The van der Waals surface area contributed by atoms with E-state index in [0.717, 1.165) is 25.7 Å². The minimum absolute atomic E-state index is 0.148. The number of para-hydroxylation sites is 1. The van der Waals surface area contributed by atoms with E-state index >= 15 is 0 Å². The number of carbonyl (C=O) groups excluding carboxylic acids is 2. The Labute approximate surface area is 152 Å². The molecule has 7 heteroatoms. The van der Waals surface area contributed by atoms with Gasteiger partial charge in [0.15, 0.2) is 11.9 Å². The number of carbonyl (C=O) groups is 2. The molecule has 0 heterocycles. The van der Waals surface area contributed by atoms with Gasteiger partial charge in [0.1, 0.15) is 5.70 Å². The van der Waals surface area contributed by atoms with Crippen LogP contribution in [-0.2, 0) is 4.79 Å². The van der Waals surface area contributed by atoms with Crippen LogP contribution in [0.1, 0.15) is 42.5 Å². The van der Waals surface area contributed by atoms with E-state index in [9.17, 15) is 19.8 Å². The van der Waals surface area contributed by atoms with Crippen LogP contribution in [0.2, 0.25) is 0 Å². The highest BCUT2D eigenvalue weighted by Crippen LogP contribution is 2.33. The van der Waals surface area contributed by atoms with Crippen LogP contribution in [0, 0.1) is 0 Å². The number of Topliss-reactive ketones (excluding diaryl/α,β-unsaturated/α-hetero) is 1. The van der Waals surface area contributed by atoms with Crippen LogP contribution in [0.15, 0.2) is 29.6 Å². The highest BCUT2D eigenvalue weighted by atomic mass is 16.3. The lowest BCUT2D eigenvalue weighted by atomic mass is 9.90. The molecule has 0 aliphatic heterocycles. The lowest BCUT2D eigenvalue weighted by Gasteiger charge is -2.34. The maximum atomic E-state index is 12.1. The first-order valence-corrected chi connectivity index (χ1v) is 8.93. The summed E-state index contributed by atoms with van der Waals surface area (Å²) in [5.74, 6) is -0.974. The van der Waals surface area contributed by atoms with Crippen molar-refractivity contribution in [1.82, 2.24) is 10.2 Å². The number of nitrogens with zero attached hydrogens (tertiary/aromatic N) is 1. The van der Waals surface area contributed by atoms with Gasteiger partial charge in [0.2, 0.25) is 5.78 Å². The molecule has 3 rings (SSSR count). The Morgan fingerprint density at radius 3 is 2.54 bits per heavy atom. The zero-order valence-corrected chi connectivity index (χ0v) is 15.1. The highest BCUT2D eigenvalue weighted by molar-refractivity contribution is 6.11. The number of nitrogens with one attached hydrogen (secondary N) is 2. The lowest BCUT2D eigenvalue weighted by Crippen LogP contribution is -2.48. The Bertz CT molecular complexity index is 751. The molecule has 1 aromatic rings. The molecule has 1 unspecified atom stereocenters. The standard InChI is InChI=1S/C19H25N3O4/c1-22(2)19(26)12-9-6-10-13(16(12)23)21-15-14(17(24)18(15)25)20-11-7-4-3-5-8-11/h6,9-11,17,20-21,23-24H,3-5,7-8H2,1-2H3. The fourth-order valence-electron chi connectivity index (χ4n) is 3.40. The van der Waals surface area contributed by atoms with Crippen molar-refractivity contribution in [2.75, 3.05) is 19.4 Å². The topological polar surface area (TPSA) is 102 Å². The van der Waals surface area contributed by atoms with E-state index in [2.05, 4.69) is 10.6 Å². The van der Waals surface area contributed by atoms with Crippen LogP contribution >= 0.6 is 0 Å². The van der Waals surface area contributed by atoms with Crippen molar-refractivity contribution in [1.29, 1.82) is 0 Å². The van der Waals surface area contributed by atoms with Gasteiger partial charge in [0.05, 0.1) is 16.9 Å². The number of amides is 1. The molecule has 1 atom stereocenters. The largest absolute Gasteiger partial charge is 0.505 e. The number of phenolic OH excluding ortho intramolecular Hbond substituents is 1. The predicted octanol–water partition coefficient (Wildman–Crippen LogP) is 1.58. The minimum Gasteiger partial charge on any atom is -0.505 e. The Hall–Kier alpha value is -2.54. The van der Waals surface area contributed by atoms with Gasteiger partial charge in [-0.05, 0) is 25.0 Å². The molecule has 1 aromatic carbocycles. The smallest absolute Gasteiger partial charge is 0.257 e. The Kier molecular flexibility index (Phi) is 5.18. The van der Waals surface area contributed by atoms with Gasteiger partial charge in [0, 0.05) is 20.1 Å². The molecule has 0 saturated heterocycles. The quantitative estimate of drug-likeness (QED) is 0.596. The Morgan fingerprint density at radius 1 is 1.19 bits per heavy atom. The van der Waals surface area contributed by atoms with E-state index in [1.165, 1.54) is 17.4 Å². The van der Waals surface area contributed by atoms with E-state index in [1.807, 2.05) is 0 Å². The second-order valence-electron chi connectivity index (χ2n) is 7.06. The lowest BCUT2D eigenvalue weighted by molar-refractivity contribution is -0.124. The van der Waals surface area contributed by atoms with Crippen molar-refractivity contribution >= 4 is 17.4 Å². The third kappa shape index (κ3) is 3.39. The molecule has 0 spiro atoms. The summed E-state index contributed by atoms with van der Waals surface area (Å²) in [4.78, 5) is 25.6. The van der Waals surface area contributed by atoms with Crippen LogP contribution in [0.4, 0.5) is 5.69 Å². The van der Waals surface area contributed by atoms with E-state index in [-0.39, 0.29) is 34.6 Å². The van der Waals surface area contributed by atoms with Crippen molar-refractivity contribution in [3.05, 3.63) is 35.2 Å². The van der Waals surface area contributed by atoms with Crippen LogP contribution in [-0.4, -0.2) is 53.0 Å². The molecule has 0 aromatic heterocycles. The number of aliphatic hydroxyl groups is 1. The maximum absolute atomic E-state index is 12.1. The van der Waals surface area contributed by atoms with Crippen LogP contribution in [0.5, 0.6) is 5.75 Å². The van der Waals surface area contributed by atoms with Gasteiger partial charge in [-0.3, -0.25) is 9.59 Å². The third-order valence-corrected chi connectivity index (χ3v) is 4.93. The van der Waals surface area contributed by atoms with E-state index in [0.29, 0.717) is 5.70 Å². The molecular formula is C19H25N3O4. The summed E-state index contributed by atoms with van der Waals surface area (Å²) in [7, 11) is 3.20. The second-order valence-corrected chi connectivity index (χ2v) is 7.06. The zero-order chi connectivity index (χ0) is 18.8. The number of benzene rings is 1. The number of ketones is 1. The van der Waals surface area contributed by atoms with Crippen molar-refractivity contribution in [3.8, 4) is 5.75 Å².